The van der Waals surface area contributed by atoms with Gasteiger partial charge < -0.3 is 4.90 Å². The predicted octanol–water partition coefficient (Wildman–Crippen LogP) is 2.33. The van der Waals surface area contributed by atoms with Gasteiger partial charge in [-0.05, 0) is 53.1 Å². The number of aromatic nitrogens is 4. The molecule has 6 heteroatoms. The summed E-state index contributed by atoms with van der Waals surface area (Å²) in [7, 11) is 0. The lowest BCUT2D eigenvalue weighted by Crippen LogP contribution is -3.12. The summed E-state index contributed by atoms with van der Waals surface area (Å²) in [6.45, 7) is 3.11. The summed E-state index contributed by atoms with van der Waals surface area (Å²) in [6, 6.07) is 15.0. The molecule has 0 aliphatic carbocycles. The molecule has 1 atom stereocenters. The zero-order chi connectivity index (χ0) is 16.9. The minimum absolute atomic E-state index is 0.233. The molecule has 0 unspecified atom stereocenters. The van der Waals surface area contributed by atoms with E-state index in [-0.39, 0.29) is 6.04 Å². The Labute approximate surface area is 152 Å². The highest BCUT2D eigenvalue weighted by Gasteiger charge is 2.32. The van der Waals surface area contributed by atoms with Gasteiger partial charge in [0.05, 0.1) is 24.5 Å². The van der Waals surface area contributed by atoms with Crippen molar-refractivity contribution in [1.82, 2.24) is 20.2 Å². The average Bonchev–Trinajstić information content (AvgIpc) is 3.25. The van der Waals surface area contributed by atoms with Crippen molar-refractivity contribution in [2.45, 2.75) is 38.3 Å². The van der Waals surface area contributed by atoms with Gasteiger partial charge in [-0.2, -0.15) is 0 Å². The van der Waals surface area contributed by atoms with E-state index in [0.29, 0.717) is 0 Å². The smallest absolute Gasteiger partial charge is 0.215 e. The summed E-state index contributed by atoms with van der Waals surface area (Å²) in [4.78, 5) is 2.96. The largest absolute Gasteiger partial charge is 0.322 e. The number of rotatable bonds is 5. The van der Waals surface area contributed by atoms with Crippen LogP contribution in [0.5, 0.6) is 0 Å². The van der Waals surface area contributed by atoms with Crippen molar-refractivity contribution < 1.29 is 4.90 Å². The second-order valence-electron chi connectivity index (χ2n) is 6.70. The van der Waals surface area contributed by atoms with Crippen LogP contribution in [0, 0.1) is 0 Å². The van der Waals surface area contributed by atoms with Crippen molar-refractivity contribution in [1.29, 1.82) is 0 Å². The molecule has 25 heavy (non-hydrogen) atoms. The van der Waals surface area contributed by atoms with Gasteiger partial charge >= 0.3 is 0 Å². The fourth-order valence-electron chi connectivity index (χ4n) is 3.73. The fraction of sp³-hybridized carbons (Fsp3) is 0.421. The van der Waals surface area contributed by atoms with E-state index in [1.165, 1.54) is 49.2 Å². The third-order valence-corrected chi connectivity index (χ3v) is 5.91. The second kappa shape index (κ2) is 7.89. The third kappa shape index (κ3) is 3.80. The molecule has 0 radical (unpaired) electrons. The van der Waals surface area contributed by atoms with E-state index >= 15 is 0 Å². The van der Waals surface area contributed by atoms with Crippen LogP contribution in [0.3, 0.4) is 0 Å². The molecule has 1 saturated heterocycles. The van der Waals surface area contributed by atoms with Gasteiger partial charge in [-0.25, -0.2) is 4.68 Å². The van der Waals surface area contributed by atoms with Crippen LogP contribution < -0.4 is 4.90 Å². The standard InChI is InChI=1S/C19H23N5S/c1-2-7-13-23(12-6-1)18(17-11-8-14-25-17)19-20-21-22-24(19)15-16-9-4-3-5-10-16/h3-5,8-11,14,18H,1-2,6-7,12-13,15H2/p+1/t18-/m1/s1. The summed E-state index contributed by atoms with van der Waals surface area (Å²) in [6.07, 6.45) is 5.26. The van der Waals surface area contributed by atoms with Crippen LogP contribution in [-0.4, -0.2) is 33.3 Å². The molecule has 3 heterocycles. The Balaban J connectivity index is 1.67. The van der Waals surface area contributed by atoms with Crippen molar-refractivity contribution in [3.8, 4) is 0 Å². The van der Waals surface area contributed by atoms with Gasteiger partial charge in [-0.1, -0.05) is 36.4 Å². The topological polar surface area (TPSA) is 48.0 Å². The normalized spacial score (nSPS) is 17.3. The summed E-state index contributed by atoms with van der Waals surface area (Å²) in [5.74, 6) is 0.989. The van der Waals surface area contributed by atoms with E-state index < -0.39 is 0 Å². The lowest BCUT2D eigenvalue weighted by molar-refractivity contribution is -0.925. The van der Waals surface area contributed by atoms with E-state index in [0.717, 1.165) is 12.4 Å². The highest BCUT2D eigenvalue weighted by molar-refractivity contribution is 7.10. The SMILES string of the molecule is c1ccc(Cn2nnnc2[C@@H](c2cccs2)[NH+]2CCCCCC2)cc1. The molecule has 0 bridgehead atoms. The number of nitrogens with one attached hydrogen (secondary N) is 1. The van der Waals surface area contributed by atoms with Crippen molar-refractivity contribution in [2.24, 2.45) is 0 Å². The molecule has 0 amide bonds. The third-order valence-electron chi connectivity index (χ3n) is 4.97. The first-order chi connectivity index (χ1) is 12.4. The van der Waals surface area contributed by atoms with Gasteiger partial charge in [0, 0.05) is 0 Å². The zero-order valence-corrected chi connectivity index (χ0v) is 15.2. The molecule has 2 aromatic heterocycles. The van der Waals surface area contributed by atoms with Crippen molar-refractivity contribution in [3.63, 3.8) is 0 Å². The molecular formula is C19H24N5S+. The van der Waals surface area contributed by atoms with Crippen LogP contribution >= 0.6 is 11.3 Å². The number of hydrogen-bond donors (Lipinski definition) is 1. The van der Waals surface area contributed by atoms with E-state index in [1.807, 2.05) is 22.1 Å². The number of tetrazole rings is 1. The maximum absolute atomic E-state index is 4.46. The maximum Gasteiger partial charge on any atom is 0.215 e. The molecule has 3 aromatic rings. The van der Waals surface area contributed by atoms with E-state index in [2.05, 4.69) is 57.3 Å². The van der Waals surface area contributed by atoms with Crippen molar-refractivity contribution in [3.05, 3.63) is 64.1 Å². The highest BCUT2D eigenvalue weighted by atomic mass is 32.1. The van der Waals surface area contributed by atoms with Crippen molar-refractivity contribution in [2.75, 3.05) is 13.1 Å². The lowest BCUT2D eigenvalue weighted by atomic mass is 10.1. The van der Waals surface area contributed by atoms with Crippen LogP contribution in [0.1, 0.15) is 48.0 Å². The summed E-state index contributed by atoms with van der Waals surface area (Å²) < 4.78 is 1.98. The quantitative estimate of drug-likeness (QED) is 0.765. The predicted molar refractivity (Wildman–Crippen MR) is 98.7 cm³/mol. The van der Waals surface area contributed by atoms with Crippen LogP contribution in [0.25, 0.3) is 0 Å². The van der Waals surface area contributed by atoms with Gasteiger partial charge in [0.1, 0.15) is 0 Å². The Hall–Kier alpha value is -2.05. The molecule has 130 valence electrons. The van der Waals surface area contributed by atoms with Crippen LogP contribution in [0.2, 0.25) is 0 Å². The molecule has 4 rings (SSSR count). The second-order valence-corrected chi connectivity index (χ2v) is 7.68. The maximum atomic E-state index is 4.46. The van der Waals surface area contributed by atoms with Gasteiger partial charge in [0.2, 0.25) is 5.82 Å². The number of likely N-dealkylation sites (tertiary alicyclic amines) is 1. The Morgan fingerprint density at radius 3 is 2.52 bits per heavy atom. The number of nitrogens with zero attached hydrogens (tertiary/aromatic N) is 4. The number of quaternary nitrogens is 1. The van der Waals surface area contributed by atoms with Gasteiger partial charge in [0.25, 0.3) is 0 Å². The van der Waals surface area contributed by atoms with Crippen LogP contribution in [-0.2, 0) is 6.54 Å². The highest BCUT2D eigenvalue weighted by Crippen LogP contribution is 2.23. The first-order valence-corrected chi connectivity index (χ1v) is 9.98. The number of thiophene rings is 1. The molecule has 1 aliphatic rings. The molecule has 1 N–H and O–H groups in total. The van der Waals surface area contributed by atoms with Crippen LogP contribution in [0.15, 0.2) is 47.8 Å². The Morgan fingerprint density at radius 1 is 1.00 bits per heavy atom. The molecule has 5 nitrogen and oxygen atoms in total. The summed E-state index contributed by atoms with van der Waals surface area (Å²) >= 11 is 1.81. The number of benzene rings is 1. The number of hydrogen-bond acceptors (Lipinski definition) is 4. The Kier molecular flexibility index (Phi) is 5.18. The van der Waals surface area contributed by atoms with E-state index in [4.69, 9.17) is 0 Å². The zero-order valence-electron chi connectivity index (χ0n) is 14.3. The summed E-state index contributed by atoms with van der Waals surface area (Å²) in [5, 5.41) is 14.9. The lowest BCUT2D eigenvalue weighted by Gasteiger charge is -2.26. The van der Waals surface area contributed by atoms with Crippen molar-refractivity contribution >= 4 is 11.3 Å². The Bertz CT molecular complexity index is 760. The summed E-state index contributed by atoms with van der Waals surface area (Å²) in [5.41, 5.74) is 1.23. The molecular weight excluding hydrogens is 330 g/mol. The molecule has 1 fully saturated rings. The minimum atomic E-state index is 0.233. The van der Waals surface area contributed by atoms with Gasteiger partial charge in [-0.15, -0.1) is 16.4 Å². The van der Waals surface area contributed by atoms with Gasteiger partial charge in [-0.3, -0.25) is 0 Å². The fourth-order valence-corrected chi connectivity index (χ4v) is 4.60. The average molecular weight is 355 g/mol. The monoisotopic (exact) mass is 354 g/mol. The Morgan fingerprint density at radius 2 is 1.80 bits per heavy atom. The van der Waals surface area contributed by atoms with E-state index in [1.54, 1.807) is 4.90 Å². The first-order valence-electron chi connectivity index (χ1n) is 9.10. The first kappa shape index (κ1) is 16.4. The molecule has 0 spiro atoms. The van der Waals surface area contributed by atoms with Crippen LogP contribution in [0.4, 0.5) is 0 Å². The minimum Gasteiger partial charge on any atom is -0.322 e. The molecule has 0 saturated carbocycles. The van der Waals surface area contributed by atoms with Gasteiger partial charge in [0.15, 0.2) is 6.04 Å². The molecule has 1 aliphatic heterocycles. The molecule has 1 aromatic carbocycles. The van der Waals surface area contributed by atoms with E-state index in [9.17, 15) is 0 Å².